The molecule has 1 N–H and O–H groups in total. The van der Waals surface area contributed by atoms with Crippen molar-refractivity contribution < 1.29 is 4.79 Å². The van der Waals surface area contributed by atoms with Crippen molar-refractivity contribution in [3.05, 3.63) is 0 Å². The summed E-state index contributed by atoms with van der Waals surface area (Å²) in [5, 5.41) is 2.10. The van der Waals surface area contributed by atoms with Gasteiger partial charge in [-0.25, -0.2) is 5.01 Å². The van der Waals surface area contributed by atoms with Gasteiger partial charge in [-0.05, 0) is 19.3 Å². The Labute approximate surface area is 125 Å². The number of carbonyl (C=O) groups excluding carboxylic acids is 1. The van der Waals surface area contributed by atoms with Gasteiger partial charge in [0.15, 0.2) is 0 Å². The molecule has 20 heavy (non-hydrogen) atoms. The summed E-state index contributed by atoms with van der Waals surface area (Å²) in [6.07, 6.45) is 16.2. The number of hydrogen-bond donors (Lipinski definition) is 1. The molecule has 1 heterocycles. The van der Waals surface area contributed by atoms with Crippen LogP contribution in [0.25, 0.3) is 0 Å². The van der Waals surface area contributed by atoms with Gasteiger partial charge < -0.3 is 0 Å². The largest absolute Gasteiger partial charge is 0.289 e. The Morgan fingerprint density at radius 3 is 2.00 bits per heavy atom. The van der Waals surface area contributed by atoms with E-state index in [9.17, 15) is 4.79 Å². The van der Waals surface area contributed by atoms with E-state index in [0.717, 1.165) is 19.5 Å². The molecular formula is C17H34N2O. The molecule has 1 aliphatic rings. The first-order valence-electron chi connectivity index (χ1n) is 8.87. The van der Waals surface area contributed by atoms with Crippen LogP contribution in [0.1, 0.15) is 90.4 Å². The van der Waals surface area contributed by atoms with E-state index >= 15 is 0 Å². The molecule has 0 unspecified atom stereocenters. The van der Waals surface area contributed by atoms with Crippen molar-refractivity contribution in [2.75, 3.05) is 13.1 Å². The number of nitrogens with one attached hydrogen (secondary N) is 1. The highest BCUT2D eigenvalue weighted by Gasteiger charge is 2.11. The van der Waals surface area contributed by atoms with Crippen molar-refractivity contribution in [2.24, 2.45) is 0 Å². The van der Waals surface area contributed by atoms with Crippen molar-refractivity contribution in [3.8, 4) is 0 Å². The molecule has 0 bridgehead atoms. The van der Waals surface area contributed by atoms with Gasteiger partial charge in [-0.3, -0.25) is 10.2 Å². The topological polar surface area (TPSA) is 32.3 Å². The molecule has 0 aromatic carbocycles. The first-order valence-corrected chi connectivity index (χ1v) is 8.87. The van der Waals surface area contributed by atoms with E-state index in [2.05, 4.69) is 17.4 Å². The van der Waals surface area contributed by atoms with E-state index in [0.29, 0.717) is 6.42 Å². The second kappa shape index (κ2) is 12.2. The Morgan fingerprint density at radius 1 is 0.850 bits per heavy atom. The molecule has 1 fully saturated rings. The van der Waals surface area contributed by atoms with Gasteiger partial charge in [0, 0.05) is 19.5 Å². The van der Waals surface area contributed by atoms with Crippen LogP contribution in [0, 0.1) is 0 Å². The average Bonchev–Trinajstić information content (AvgIpc) is 2.46. The summed E-state index contributed by atoms with van der Waals surface area (Å²) in [7, 11) is 0. The zero-order valence-corrected chi connectivity index (χ0v) is 13.5. The lowest BCUT2D eigenvalue weighted by Gasteiger charge is -2.26. The highest BCUT2D eigenvalue weighted by molar-refractivity contribution is 5.75. The maximum Gasteiger partial charge on any atom is 0.234 e. The Morgan fingerprint density at radius 2 is 1.40 bits per heavy atom. The fourth-order valence-electron chi connectivity index (χ4n) is 2.83. The molecule has 0 aromatic heterocycles. The Hall–Kier alpha value is -0.570. The molecule has 1 aliphatic heterocycles. The Balaban J connectivity index is 1.84. The molecule has 3 nitrogen and oxygen atoms in total. The van der Waals surface area contributed by atoms with Gasteiger partial charge in [0.25, 0.3) is 0 Å². The first kappa shape index (κ1) is 17.5. The Bertz CT molecular complexity index is 237. The van der Waals surface area contributed by atoms with E-state index in [4.69, 9.17) is 0 Å². The predicted molar refractivity (Wildman–Crippen MR) is 85.4 cm³/mol. The third-order valence-electron chi connectivity index (χ3n) is 4.15. The van der Waals surface area contributed by atoms with Crippen LogP contribution < -0.4 is 5.43 Å². The van der Waals surface area contributed by atoms with Crippen molar-refractivity contribution in [2.45, 2.75) is 90.4 Å². The van der Waals surface area contributed by atoms with Gasteiger partial charge in [0.05, 0.1) is 0 Å². The van der Waals surface area contributed by atoms with E-state index in [-0.39, 0.29) is 5.91 Å². The minimum Gasteiger partial charge on any atom is -0.289 e. The zero-order valence-electron chi connectivity index (χ0n) is 13.5. The molecule has 0 saturated carbocycles. The fourth-order valence-corrected chi connectivity index (χ4v) is 2.83. The monoisotopic (exact) mass is 282 g/mol. The van der Waals surface area contributed by atoms with Crippen molar-refractivity contribution in [3.63, 3.8) is 0 Å². The zero-order chi connectivity index (χ0) is 14.5. The van der Waals surface area contributed by atoms with Crippen LogP contribution in [0.4, 0.5) is 0 Å². The molecule has 0 spiro atoms. The lowest BCUT2D eigenvalue weighted by molar-refractivity contribution is -0.126. The quantitative estimate of drug-likeness (QED) is 0.569. The molecule has 118 valence electrons. The molecule has 0 aromatic rings. The summed E-state index contributed by atoms with van der Waals surface area (Å²) in [6.45, 7) is 4.32. The van der Waals surface area contributed by atoms with Crippen LogP contribution in [-0.4, -0.2) is 24.0 Å². The van der Waals surface area contributed by atoms with Gasteiger partial charge in [0.2, 0.25) is 5.91 Å². The number of amides is 1. The van der Waals surface area contributed by atoms with E-state index in [1.165, 1.54) is 70.6 Å². The summed E-state index contributed by atoms with van der Waals surface area (Å²) < 4.78 is 0. The smallest absolute Gasteiger partial charge is 0.234 e. The number of nitrogens with zero attached hydrogens (tertiary/aromatic N) is 1. The second-order valence-electron chi connectivity index (χ2n) is 6.16. The third-order valence-corrected chi connectivity index (χ3v) is 4.15. The minimum absolute atomic E-state index is 0.217. The number of unbranched alkanes of at least 4 members (excludes halogenated alkanes) is 8. The number of hydrogen-bond acceptors (Lipinski definition) is 2. The molecule has 1 amide bonds. The number of piperidine rings is 1. The van der Waals surface area contributed by atoms with Crippen molar-refractivity contribution >= 4 is 5.91 Å². The maximum atomic E-state index is 11.8. The SMILES string of the molecule is CCCCCCCCCCCC(=O)NN1CCCCC1. The summed E-state index contributed by atoms with van der Waals surface area (Å²) in [5.41, 5.74) is 3.04. The summed E-state index contributed by atoms with van der Waals surface area (Å²) in [4.78, 5) is 11.8. The molecule has 1 rings (SSSR count). The average molecular weight is 282 g/mol. The van der Waals surface area contributed by atoms with Crippen LogP contribution in [0.15, 0.2) is 0 Å². The maximum absolute atomic E-state index is 11.8. The van der Waals surface area contributed by atoms with Gasteiger partial charge >= 0.3 is 0 Å². The highest BCUT2D eigenvalue weighted by Crippen LogP contribution is 2.11. The predicted octanol–water partition coefficient (Wildman–Crippen LogP) is 4.42. The van der Waals surface area contributed by atoms with Crippen molar-refractivity contribution in [1.29, 1.82) is 0 Å². The van der Waals surface area contributed by atoms with Crippen molar-refractivity contribution in [1.82, 2.24) is 10.4 Å². The van der Waals surface area contributed by atoms with E-state index in [1.807, 2.05) is 0 Å². The van der Waals surface area contributed by atoms with Crippen LogP contribution in [-0.2, 0) is 4.79 Å². The first-order chi connectivity index (χ1) is 9.83. The van der Waals surface area contributed by atoms with Crippen LogP contribution >= 0.6 is 0 Å². The third kappa shape index (κ3) is 9.35. The van der Waals surface area contributed by atoms with Gasteiger partial charge in [0.1, 0.15) is 0 Å². The highest BCUT2D eigenvalue weighted by atomic mass is 16.2. The normalized spacial score (nSPS) is 16.2. The van der Waals surface area contributed by atoms with Gasteiger partial charge in [-0.15, -0.1) is 0 Å². The Kier molecular flexibility index (Phi) is 10.7. The second-order valence-corrected chi connectivity index (χ2v) is 6.16. The number of rotatable bonds is 11. The molecule has 1 saturated heterocycles. The lowest BCUT2D eigenvalue weighted by Crippen LogP contribution is -2.44. The minimum atomic E-state index is 0.217. The summed E-state index contributed by atoms with van der Waals surface area (Å²) in [5.74, 6) is 0.217. The van der Waals surface area contributed by atoms with Crippen LogP contribution in [0.5, 0.6) is 0 Å². The fraction of sp³-hybridized carbons (Fsp3) is 0.941. The summed E-state index contributed by atoms with van der Waals surface area (Å²) >= 11 is 0. The molecule has 0 aliphatic carbocycles. The number of hydrazine groups is 1. The van der Waals surface area contributed by atoms with Gasteiger partial charge in [-0.2, -0.15) is 0 Å². The standard InChI is InChI=1S/C17H34N2O/c1-2-3-4-5-6-7-8-9-11-14-17(20)18-19-15-12-10-13-16-19/h2-16H2,1H3,(H,18,20). The van der Waals surface area contributed by atoms with Crippen LogP contribution in [0.2, 0.25) is 0 Å². The van der Waals surface area contributed by atoms with E-state index in [1.54, 1.807) is 0 Å². The summed E-state index contributed by atoms with van der Waals surface area (Å²) in [6, 6.07) is 0. The molecule has 0 atom stereocenters. The number of carbonyl (C=O) groups is 1. The molecular weight excluding hydrogens is 248 g/mol. The lowest BCUT2D eigenvalue weighted by atomic mass is 10.1. The van der Waals surface area contributed by atoms with E-state index < -0.39 is 0 Å². The van der Waals surface area contributed by atoms with Crippen LogP contribution in [0.3, 0.4) is 0 Å². The van der Waals surface area contributed by atoms with Gasteiger partial charge in [-0.1, -0.05) is 64.7 Å². The molecule has 3 heteroatoms. The molecule has 0 radical (unpaired) electrons.